The van der Waals surface area contributed by atoms with Crippen LogP contribution in [0.3, 0.4) is 0 Å². The van der Waals surface area contributed by atoms with E-state index in [0.717, 1.165) is 57.8 Å². The van der Waals surface area contributed by atoms with Crippen LogP contribution in [0, 0.1) is 0 Å². The fraction of sp³-hybridized carbons (Fsp3) is 0.908. The van der Waals surface area contributed by atoms with Gasteiger partial charge in [0.15, 0.2) is 0 Å². The number of hydrogen-bond acceptors (Lipinski definition) is 5. The number of nitrogens with one attached hydrogen (secondary N) is 1. The van der Waals surface area contributed by atoms with E-state index < -0.39 is 12.1 Å². The Balaban J connectivity index is 3.44. The zero-order valence-electron chi connectivity index (χ0n) is 48.0. The summed E-state index contributed by atoms with van der Waals surface area (Å²) in [6, 6.07) is -0.551. The fourth-order valence-corrected chi connectivity index (χ4v) is 10.1. The lowest BCUT2D eigenvalue weighted by molar-refractivity contribution is -0.143. The number of carbonyl (C=O) groups is 2. The molecule has 2 atom stereocenters. The van der Waals surface area contributed by atoms with E-state index in [0.29, 0.717) is 25.9 Å². The molecular formula is C65H125NO5. The quantitative estimate of drug-likeness (QED) is 0.0320. The lowest BCUT2D eigenvalue weighted by Crippen LogP contribution is -2.45. The first kappa shape index (κ1) is 69.3. The summed E-state index contributed by atoms with van der Waals surface area (Å²) in [7, 11) is 0. The number of rotatable bonds is 60. The monoisotopic (exact) mass is 1000 g/mol. The largest absolute Gasteiger partial charge is 0.466 e. The molecule has 0 aromatic heterocycles. The molecule has 0 bridgehead atoms. The highest BCUT2D eigenvalue weighted by Gasteiger charge is 2.20. The van der Waals surface area contributed by atoms with Crippen LogP contribution in [-0.2, 0) is 14.3 Å². The van der Waals surface area contributed by atoms with Crippen molar-refractivity contribution in [1.29, 1.82) is 0 Å². The number of allylic oxidation sites excluding steroid dienone is 4. The first-order valence-corrected chi connectivity index (χ1v) is 32.1. The maximum atomic E-state index is 12.5. The van der Waals surface area contributed by atoms with Gasteiger partial charge in [-0.3, -0.25) is 9.59 Å². The standard InChI is InChI=1S/C65H125NO5/c1-3-5-7-9-11-13-15-17-19-21-22-23-24-25-26-27-28-29-33-37-41-45-49-53-57-63(68)62(61-67)66-64(69)58-54-50-46-42-38-34-31-32-36-40-44-48-52-56-60-71-65(70)59-55-51-47-43-39-35-30-20-18-16-14-12-10-8-6-4-2/h14,16,20,30,62-63,67-68H,3-13,15,17-19,21-29,31-61H2,1-2H3,(H,66,69)/b16-14-,30-20-. The average molecular weight is 1000 g/mol. The van der Waals surface area contributed by atoms with Crippen LogP contribution in [0.5, 0.6) is 0 Å². The third-order valence-corrected chi connectivity index (χ3v) is 15.0. The van der Waals surface area contributed by atoms with E-state index in [9.17, 15) is 19.8 Å². The van der Waals surface area contributed by atoms with Gasteiger partial charge in [0.1, 0.15) is 0 Å². The van der Waals surface area contributed by atoms with Gasteiger partial charge in [0.2, 0.25) is 5.91 Å². The maximum Gasteiger partial charge on any atom is 0.305 e. The van der Waals surface area contributed by atoms with E-state index in [1.165, 1.54) is 263 Å². The van der Waals surface area contributed by atoms with Crippen molar-refractivity contribution in [3.8, 4) is 0 Å². The van der Waals surface area contributed by atoms with Crippen LogP contribution < -0.4 is 5.32 Å². The number of ether oxygens (including phenoxy) is 1. The highest BCUT2D eigenvalue weighted by atomic mass is 16.5. The Labute approximate surface area is 443 Å². The van der Waals surface area contributed by atoms with Gasteiger partial charge in [-0.15, -0.1) is 0 Å². The van der Waals surface area contributed by atoms with Crippen molar-refractivity contribution >= 4 is 11.9 Å². The number of aliphatic hydroxyl groups excluding tert-OH is 2. The van der Waals surface area contributed by atoms with Crippen molar-refractivity contribution < 1.29 is 24.5 Å². The molecule has 0 heterocycles. The predicted octanol–water partition coefficient (Wildman–Crippen LogP) is 20.2. The van der Waals surface area contributed by atoms with Gasteiger partial charge in [-0.25, -0.2) is 0 Å². The number of esters is 1. The summed E-state index contributed by atoms with van der Waals surface area (Å²) >= 11 is 0. The van der Waals surface area contributed by atoms with Crippen molar-refractivity contribution in [2.45, 2.75) is 366 Å². The van der Waals surface area contributed by atoms with Crippen molar-refractivity contribution in [3.63, 3.8) is 0 Å². The molecule has 0 aromatic rings. The fourth-order valence-electron chi connectivity index (χ4n) is 10.1. The molecule has 6 nitrogen and oxygen atoms in total. The molecule has 1 amide bonds. The molecule has 0 aromatic carbocycles. The van der Waals surface area contributed by atoms with Crippen LogP contribution in [-0.4, -0.2) is 47.4 Å². The topological polar surface area (TPSA) is 95.9 Å². The van der Waals surface area contributed by atoms with Gasteiger partial charge >= 0.3 is 5.97 Å². The molecule has 0 fully saturated rings. The molecule has 71 heavy (non-hydrogen) atoms. The van der Waals surface area contributed by atoms with E-state index >= 15 is 0 Å². The van der Waals surface area contributed by atoms with Crippen LogP contribution in [0.15, 0.2) is 24.3 Å². The summed E-state index contributed by atoms with van der Waals surface area (Å²) in [6.45, 7) is 4.94. The normalized spacial score (nSPS) is 12.7. The van der Waals surface area contributed by atoms with Gasteiger partial charge in [-0.05, 0) is 57.8 Å². The lowest BCUT2D eigenvalue weighted by atomic mass is 10.0. The average Bonchev–Trinajstić information content (AvgIpc) is 3.37. The molecule has 3 N–H and O–H groups in total. The molecule has 0 saturated carbocycles. The molecule has 0 radical (unpaired) electrons. The summed E-state index contributed by atoms with van der Waals surface area (Å²) in [6.07, 6.45) is 74.7. The van der Waals surface area contributed by atoms with E-state index in [2.05, 4.69) is 43.5 Å². The van der Waals surface area contributed by atoms with Crippen LogP contribution in [0.2, 0.25) is 0 Å². The minimum atomic E-state index is -0.673. The SMILES string of the molecule is CCCCCC/C=C\C/C=C\CCCCCCCC(=O)OCCCCCCCCCCCCCCCCC(=O)NC(CO)C(O)CCCCCCCCCCCCCCCCCCCCCCCCCC. The lowest BCUT2D eigenvalue weighted by Gasteiger charge is -2.22. The summed E-state index contributed by atoms with van der Waals surface area (Å²) < 4.78 is 5.48. The van der Waals surface area contributed by atoms with Crippen LogP contribution in [0.25, 0.3) is 0 Å². The Morgan fingerprint density at radius 1 is 0.394 bits per heavy atom. The number of unbranched alkanes of at least 4 members (excludes halogenated alkanes) is 45. The summed E-state index contributed by atoms with van der Waals surface area (Å²) in [5, 5.41) is 23.4. The van der Waals surface area contributed by atoms with Crippen LogP contribution in [0.1, 0.15) is 354 Å². The second-order valence-electron chi connectivity index (χ2n) is 22.1. The molecular weight excluding hydrogens is 875 g/mol. The van der Waals surface area contributed by atoms with Gasteiger partial charge < -0.3 is 20.3 Å². The van der Waals surface area contributed by atoms with Gasteiger partial charge in [0, 0.05) is 12.8 Å². The summed E-state index contributed by atoms with van der Waals surface area (Å²) in [5.74, 6) is -0.0567. The van der Waals surface area contributed by atoms with E-state index in [4.69, 9.17) is 4.74 Å². The molecule has 0 rings (SSSR count). The zero-order chi connectivity index (χ0) is 51.4. The highest BCUT2D eigenvalue weighted by Crippen LogP contribution is 2.18. The Morgan fingerprint density at radius 3 is 1.08 bits per heavy atom. The van der Waals surface area contributed by atoms with E-state index in [-0.39, 0.29) is 18.5 Å². The molecule has 0 aliphatic heterocycles. The van der Waals surface area contributed by atoms with Gasteiger partial charge in [0.05, 0.1) is 25.4 Å². The molecule has 0 aliphatic rings. The minimum absolute atomic E-state index is 0.0145. The Bertz CT molecular complexity index is 1110. The highest BCUT2D eigenvalue weighted by molar-refractivity contribution is 5.76. The predicted molar refractivity (Wildman–Crippen MR) is 310 cm³/mol. The zero-order valence-corrected chi connectivity index (χ0v) is 48.0. The van der Waals surface area contributed by atoms with Crippen molar-refractivity contribution in [3.05, 3.63) is 24.3 Å². The second kappa shape index (κ2) is 60.9. The Morgan fingerprint density at radius 2 is 0.704 bits per heavy atom. The minimum Gasteiger partial charge on any atom is -0.466 e. The van der Waals surface area contributed by atoms with Crippen molar-refractivity contribution in [2.24, 2.45) is 0 Å². The number of aliphatic hydroxyl groups is 2. The van der Waals surface area contributed by atoms with Crippen LogP contribution >= 0.6 is 0 Å². The smallest absolute Gasteiger partial charge is 0.305 e. The van der Waals surface area contributed by atoms with Crippen molar-refractivity contribution in [2.75, 3.05) is 13.2 Å². The van der Waals surface area contributed by atoms with E-state index in [1.807, 2.05) is 0 Å². The van der Waals surface area contributed by atoms with E-state index in [1.54, 1.807) is 0 Å². The third-order valence-electron chi connectivity index (χ3n) is 15.0. The van der Waals surface area contributed by atoms with Crippen LogP contribution in [0.4, 0.5) is 0 Å². The molecule has 420 valence electrons. The van der Waals surface area contributed by atoms with Gasteiger partial charge in [-0.2, -0.15) is 0 Å². The molecule has 6 heteroatoms. The van der Waals surface area contributed by atoms with Gasteiger partial charge in [-0.1, -0.05) is 308 Å². The summed E-state index contributed by atoms with van der Waals surface area (Å²) in [5.41, 5.74) is 0. The maximum absolute atomic E-state index is 12.5. The molecule has 2 unspecified atom stereocenters. The summed E-state index contributed by atoms with van der Waals surface area (Å²) in [4.78, 5) is 24.6. The number of hydrogen-bond donors (Lipinski definition) is 3. The Hall–Kier alpha value is -1.66. The van der Waals surface area contributed by atoms with Crippen molar-refractivity contribution in [1.82, 2.24) is 5.32 Å². The van der Waals surface area contributed by atoms with Gasteiger partial charge in [0.25, 0.3) is 0 Å². The first-order valence-electron chi connectivity index (χ1n) is 32.1. The first-order chi connectivity index (χ1) is 35.0. The number of amides is 1. The third kappa shape index (κ3) is 57.5. The molecule has 0 spiro atoms. The second-order valence-corrected chi connectivity index (χ2v) is 22.1. The number of carbonyl (C=O) groups excluding carboxylic acids is 2. The molecule has 0 aliphatic carbocycles. The molecule has 0 saturated heterocycles. The Kier molecular flexibility index (Phi) is 59.5.